The molecule has 22 heavy (non-hydrogen) atoms. The van der Waals surface area contributed by atoms with E-state index in [1.54, 1.807) is 19.0 Å². The van der Waals surface area contributed by atoms with Gasteiger partial charge >= 0.3 is 7.05 Å². The van der Waals surface area contributed by atoms with E-state index in [-0.39, 0.29) is 11.7 Å². The predicted molar refractivity (Wildman–Crippen MR) is 85.9 cm³/mol. The quantitative estimate of drug-likeness (QED) is 0.402. The van der Waals surface area contributed by atoms with Crippen molar-refractivity contribution in [1.29, 1.82) is 0 Å². The van der Waals surface area contributed by atoms with Crippen LogP contribution < -0.4 is 0 Å². The van der Waals surface area contributed by atoms with Gasteiger partial charge in [0.2, 0.25) is 0 Å². The lowest BCUT2D eigenvalue weighted by molar-refractivity contribution is 0.214. The molecule has 0 unspecified atom stereocenters. The molecule has 1 saturated heterocycles. The van der Waals surface area contributed by atoms with Crippen molar-refractivity contribution in [3.05, 3.63) is 35.6 Å². The average molecular weight is 302 g/mol. The Bertz CT molecular complexity index is 570. The van der Waals surface area contributed by atoms with Crippen LogP contribution in [0.25, 0.3) is 0 Å². The lowest BCUT2D eigenvalue weighted by atomic mass is 9.81. The number of benzene rings is 1. The van der Waals surface area contributed by atoms with E-state index in [0.717, 1.165) is 31.5 Å². The minimum atomic E-state index is -0.404. The highest BCUT2D eigenvalue weighted by molar-refractivity contribution is 6.45. The third kappa shape index (κ3) is 4.59. The van der Waals surface area contributed by atoms with Crippen molar-refractivity contribution >= 4 is 12.8 Å². The zero-order valence-corrected chi connectivity index (χ0v) is 12.9. The van der Waals surface area contributed by atoms with Gasteiger partial charge < -0.3 is 14.7 Å². The van der Waals surface area contributed by atoms with Gasteiger partial charge in [-0.25, -0.2) is 4.39 Å². The van der Waals surface area contributed by atoms with E-state index in [0.29, 0.717) is 5.71 Å². The molecule has 1 aliphatic heterocycles. The van der Waals surface area contributed by atoms with E-state index in [1.165, 1.54) is 19.2 Å². The van der Waals surface area contributed by atoms with Crippen molar-refractivity contribution in [3.8, 4) is 11.8 Å². The van der Waals surface area contributed by atoms with Gasteiger partial charge in [-0.05, 0) is 62.9 Å². The number of piperidine rings is 1. The van der Waals surface area contributed by atoms with Crippen molar-refractivity contribution in [2.75, 3.05) is 20.2 Å². The molecule has 1 fully saturated rings. The van der Waals surface area contributed by atoms with Crippen LogP contribution in [0.3, 0.4) is 0 Å². The molecule has 116 valence electrons. The second-order valence-corrected chi connectivity index (χ2v) is 5.34. The Morgan fingerprint density at radius 3 is 2.55 bits per heavy atom. The summed E-state index contributed by atoms with van der Waals surface area (Å²) < 4.78 is 13.0. The maximum Gasteiger partial charge on any atom is 0.376 e. The van der Waals surface area contributed by atoms with Crippen LogP contribution in [0.2, 0.25) is 6.82 Å². The van der Waals surface area contributed by atoms with E-state index in [9.17, 15) is 9.41 Å². The molecule has 0 radical (unpaired) electrons. The molecule has 0 aromatic heterocycles. The molecule has 0 spiro atoms. The first-order valence-electron chi connectivity index (χ1n) is 7.41. The molecule has 1 N–H and O–H groups in total. The topological polar surface area (TPSA) is 45.1 Å². The summed E-state index contributed by atoms with van der Waals surface area (Å²) in [5.41, 5.74) is 1.23. The van der Waals surface area contributed by atoms with Crippen LogP contribution in [0.4, 0.5) is 4.39 Å². The normalized spacial score (nSPS) is 16.8. The third-order valence-electron chi connectivity index (χ3n) is 3.75. The van der Waals surface area contributed by atoms with Crippen LogP contribution in [0.5, 0.6) is 0 Å². The lowest BCUT2D eigenvalue weighted by Gasteiger charge is -2.30. The molecule has 6 heteroatoms. The van der Waals surface area contributed by atoms with E-state index in [2.05, 4.69) is 17.0 Å². The van der Waals surface area contributed by atoms with Crippen LogP contribution in [0, 0.1) is 23.6 Å². The van der Waals surface area contributed by atoms with Gasteiger partial charge in [0.05, 0.1) is 0 Å². The summed E-state index contributed by atoms with van der Waals surface area (Å²) in [7, 11) is 1.06. The highest BCUT2D eigenvalue weighted by Gasteiger charge is 2.22. The van der Waals surface area contributed by atoms with Gasteiger partial charge in [0, 0.05) is 11.5 Å². The first-order valence-corrected chi connectivity index (χ1v) is 7.41. The maximum atomic E-state index is 13.0. The van der Waals surface area contributed by atoms with Gasteiger partial charge in [-0.3, -0.25) is 0 Å². The molecule has 1 aromatic carbocycles. The van der Waals surface area contributed by atoms with E-state index in [1.807, 2.05) is 4.81 Å². The van der Waals surface area contributed by atoms with Crippen molar-refractivity contribution in [2.24, 2.45) is 11.1 Å². The van der Waals surface area contributed by atoms with Crippen LogP contribution >= 0.6 is 0 Å². The van der Waals surface area contributed by atoms with Gasteiger partial charge in [-0.2, -0.15) is 0 Å². The van der Waals surface area contributed by atoms with E-state index < -0.39 is 7.05 Å². The van der Waals surface area contributed by atoms with Crippen molar-refractivity contribution < 1.29 is 14.3 Å². The summed E-state index contributed by atoms with van der Waals surface area (Å²) in [5.74, 6) is 6.24. The highest BCUT2D eigenvalue weighted by atomic mass is 19.1. The summed E-state index contributed by atoms with van der Waals surface area (Å²) in [6.07, 6.45) is 1.84. The van der Waals surface area contributed by atoms with Gasteiger partial charge in [0.25, 0.3) is 0 Å². The Kier molecular flexibility index (Phi) is 5.99. The highest BCUT2D eigenvalue weighted by Crippen LogP contribution is 2.16. The van der Waals surface area contributed by atoms with Crippen molar-refractivity contribution in [1.82, 2.24) is 4.81 Å². The number of oxime groups is 1. The molecule has 1 aromatic rings. The van der Waals surface area contributed by atoms with Crippen LogP contribution in [0.15, 0.2) is 29.4 Å². The summed E-state index contributed by atoms with van der Waals surface area (Å²) in [6.45, 7) is 3.46. The second kappa shape index (κ2) is 7.97. The van der Waals surface area contributed by atoms with Crippen LogP contribution in [-0.2, 0) is 4.84 Å². The number of hydrogen-bond donors (Lipinski definition) is 1. The fourth-order valence-electron chi connectivity index (χ4n) is 2.43. The zero-order chi connectivity index (χ0) is 15.9. The Balaban J connectivity index is 2.04. The molecule has 0 amide bonds. The van der Waals surface area contributed by atoms with Crippen LogP contribution in [0.1, 0.15) is 18.4 Å². The van der Waals surface area contributed by atoms with Gasteiger partial charge in [0.15, 0.2) is 5.71 Å². The molecule has 2 rings (SSSR count). The largest absolute Gasteiger partial charge is 0.437 e. The number of halogens is 1. The predicted octanol–water partition coefficient (Wildman–Crippen LogP) is 2.00. The van der Waals surface area contributed by atoms with Crippen LogP contribution in [-0.4, -0.2) is 42.8 Å². The van der Waals surface area contributed by atoms with Gasteiger partial charge in [-0.15, -0.1) is 0 Å². The smallest absolute Gasteiger partial charge is 0.376 e. The fourth-order valence-corrected chi connectivity index (χ4v) is 2.43. The summed E-state index contributed by atoms with van der Waals surface area (Å²) in [4.78, 5) is 6.86. The molecule has 0 atom stereocenters. The number of nitrogens with zero attached hydrogens (tertiary/aromatic N) is 2. The van der Waals surface area contributed by atoms with E-state index >= 15 is 0 Å². The summed E-state index contributed by atoms with van der Waals surface area (Å²) >= 11 is 0. The summed E-state index contributed by atoms with van der Waals surface area (Å²) in [6, 6.07) is 6.03. The Hall–Kier alpha value is -1.84. The molecular formula is C16H20BFN2O2. The molecule has 1 heterocycles. The number of hydrogen-bond acceptors (Lipinski definition) is 4. The minimum Gasteiger partial charge on any atom is -0.437 e. The lowest BCUT2D eigenvalue weighted by Crippen LogP contribution is -2.42. The molecule has 0 saturated carbocycles. The Morgan fingerprint density at radius 2 is 2.00 bits per heavy atom. The fraction of sp³-hybridized carbons (Fsp3) is 0.438. The molecule has 0 bridgehead atoms. The molecule has 4 nitrogen and oxygen atoms in total. The SMILES string of the molecule is CO/N=C(\C#CC1CCN(B(C)O)CC1)c1ccc(F)cc1. The first kappa shape index (κ1) is 16.5. The molecule has 1 aliphatic rings. The van der Waals surface area contributed by atoms with Gasteiger partial charge in [-0.1, -0.05) is 11.1 Å². The summed E-state index contributed by atoms with van der Waals surface area (Å²) in [5, 5.41) is 13.5. The van der Waals surface area contributed by atoms with E-state index in [4.69, 9.17) is 4.84 Å². The third-order valence-corrected chi connectivity index (χ3v) is 3.75. The van der Waals surface area contributed by atoms with Crippen molar-refractivity contribution in [2.45, 2.75) is 19.7 Å². The Labute approximate surface area is 131 Å². The number of rotatable bonds is 3. The van der Waals surface area contributed by atoms with Crippen molar-refractivity contribution in [3.63, 3.8) is 0 Å². The molecular weight excluding hydrogens is 282 g/mol. The maximum absolute atomic E-state index is 13.0. The second-order valence-electron chi connectivity index (χ2n) is 5.34. The molecule has 0 aliphatic carbocycles. The van der Waals surface area contributed by atoms with Gasteiger partial charge in [0.1, 0.15) is 12.9 Å². The minimum absolute atomic E-state index is 0.275. The standard InChI is InChI=1S/C16H20BFN2O2/c1-17(21)20-11-9-13(10-12-20)3-8-16(19-22-2)14-4-6-15(18)7-5-14/h4-7,13,21H,9-12H2,1-2H3/b19-16+. The average Bonchev–Trinajstić information content (AvgIpc) is 2.53. The monoisotopic (exact) mass is 302 g/mol. The zero-order valence-electron chi connectivity index (χ0n) is 12.9. The first-order chi connectivity index (χ1) is 10.6. The Morgan fingerprint density at radius 1 is 1.36 bits per heavy atom.